The maximum Gasteiger partial charge on any atom is 0.141 e. The van der Waals surface area contributed by atoms with Crippen molar-refractivity contribution in [1.82, 2.24) is 9.78 Å². The number of aromatic nitrogens is 2. The number of rotatable bonds is 6. The van der Waals surface area contributed by atoms with Crippen molar-refractivity contribution < 1.29 is 14.2 Å². The molecule has 6 nitrogen and oxygen atoms in total. The number of nitrogens with zero attached hydrogens (tertiary/aromatic N) is 2. The number of hydrogen-bond donors (Lipinski definition) is 1. The van der Waals surface area contributed by atoms with Crippen molar-refractivity contribution in [2.24, 2.45) is 12.8 Å². The molecule has 0 saturated carbocycles. The molecule has 2 atom stereocenters. The first kappa shape index (κ1) is 15.2. The van der Waals surface area contributed by atoms with Crippen LogP contribution >= 0.6 is 0 Å². The van der Waals surface area contributed by atoms with Crippen LogP contribution in [0.2, 0.25) is 0 Å². The minimum atomic E-state index is -0.296. The number of aryl methyl sites for hydroxylation is 1. The lowest BCUT2D eigenvalue weighted by Gasteiger charge is -2.22. The Morgan fingerprint density at radius 1 is 1.10 bits per heavy atom. The fraction of sp³-hybridized carbons (Fsp3) is 0.400. The van der Waals surface area contributed by atoms with E-state index in [-0.39, 0.29) is 12.1 Å². The second-order valence-corrected chi connectivity index (χ2v) is 4.89. The average molecular weight is 291 g/mol. The molecular formula is C15H21N3O3. The number of benzene rings is 1. The lowest BCUT2D eigenvalue weighted by atomic mass is 10.1. The summed E-state index contributed by atoms with van der Waals surface area (Å²) < 4.78 is 18.2. The van der Waals surface area contributed by atoms with Crippen molar-refractivity contribution >= 4 is 0 Å². The van der Waals surface area contributed by atoms with E-state index < -0.39 is 0 Å². The van der Waals surface area contributed by atoms with E-state index in [4.69, 9.17) is 19.9 Å². The van der Waals surface area contributed by atoms with Gasteiger partial charge in [0.25, 0.3) is 0 Å². The predicted octanol–water partition coefficient (Wildman–Crippen LogP) is 1.90. The highest BCUT2D eigenvalue weighted by atomic mass is 16.5. The average Bonchev–Trinajstić information content (AvgIpc) is 2.90. The van der Waals surface area contributed by atoms with E-state index in [0.29, 0.717) is 17.2 Å². The van der Waals surface area contributed by atoms with Gasteiger partial charge in [-0.25, -0.2) is 0 Å². The summed E-state index contributed by atoms with van der Waals surface area (Å²) in [4.78, 5) is 0. The van der Waals surface area contributed by atoms with Crippen LogP contribution in [0.25, 0.3) is 0 Å². The predicted molar refractivity (Wildman–Crippen MR) is 79.8 cm³/mol. The second kappa shape index (κ2) is 6.49. The van der Waals surface area contributed by atoms with Gasteiger partial charge in [0.1, 0.15) is 23.4 Å². The fourth-order valence-corrected chi connectivity index (χ4v) is 2.06. The Morgan fingerprint density at radius 3 is 2.10 bits per heavy atom. The Hall–Kier alpha value is -2.21. The van der Waals surface area contributed by atoms with Gasteiger partial charge in [-0.1, -0.05) is 0 Å². The molecule has 0 saturated heterocycles. The van der Waals surface area contributed by atoms with Crippen molar-refractivity contribution in [3.63, 3.8) is 0 Å². The SMILES string of the molecule is COc1cc(OC)cc(OC(c2cnn(C)c2)C(C)N)c1. The molecule has 0 aliphatic heterocycles. The summed E-state index contributed by atoms with van der Waals surface area (Å²) in [5, 5.41) is 4.16. The van der Waals surface area contributed by atoms with Gasteiger partial charge < -0.3 is 19.9 Å². The van der Waals surface area contributed by atoms with Crippen LogP contribution in [0.1, 0.15) is 18.6 Å². The van der Waals surface area contributed by atoms with Crippen LogP contribution in [-0.2, 0) is 7.05 Å². The molecule has 0 spiro atoms. The van der Waals surface area contributed by atoms with Gasteiger partial charge in [0, 0.05) is 43.0 Å². The first-order chi connectivity index (χ1) is 10.0. The number of ether oxygens (including phenoxy) is 3. The summed E-state index contributed by atoms with van der Waals surface area (Å²) in [6.07, 6.45) is 3.35. The molecule has 0 aliphatic carbocycles. The zero-order valence-corrected chi connectivity index (χ0v) is 12.7. The topological polar surface area (TPSA) is 71.5 Å². The zero-order valence-electron chi connectivity index (χ0n) is 12.7. The van der Waals surface area contributed by atoms with E-state index in [2.05, 4.69) is 5.10 Å². The van der Waals surface area contributed by atoms with Gasteiger partial charge in [0.15, 0.2) is 0 Å². The zero-order chi connectivity index (χ0) is 15.4. The smallest absolute Gasteiger partial charge is 0.141 e. The Bertz CT molecular complexity index is 573. The Kier molecular flexibility index (Phi) is 4.70. The van der Waals surface area contributed by atoms with E-state index in [0.717, 1.165) is 5.56 Å². The van der Waals surface area contributed by atoms with Gasteiger partial charge in [-0.3, -0.25) is 4.68 Å². The fourth-order valence-electron chi connectivity index (χ4n) is 2.06. The minimum Gasteiger partial charge on any atom is -0.496 e. The highest BCUT2D eigenvalue weighted by Gasteiger charge is 2.20. The molecule has 2 rings (SSSR count). The molecule has 0 aliphatic rings. The second-order valence-electron chi connectivity index (χ2n) is 4.89. The lowest BCUT2D eigenvalue weighted by Crippen LogP contribution is -2.28. The van der Waals surface area contributed by atoms with E-state index in [1.54, 1.807) is 43.3 Å². The maximum absolute atomic E-state index is 6.04. The van der Waals surface area contributed by atoms with Crippen LogP contribution in [0.4, 0.5) is 0 Å². The van der Waals surface area contributed by atoms with Crippen molar-refractivity contribution in [2.45, 2.75) is 19.1 Å². The van der Waals surface area contributed by atoms with Crippen molar-refractivity contribution in [1.29, 1.82) is 0 Å². The lowest BCUT2D eigenvalue weighted by molar-refractivity contribution is 0.179. The molecule has 1 heterocycles. The van der Waals surface area contributed by atoms with Gasteiger partial charge in [0.2, 0.25) is 0 Å². The van der Waals surface area contributed by atoms with E-state index in [9.17, 15) is 0 Å². The van der Waals surface area contributed by atoms with Crippen molar-refractivity contribution in [2.75, 3.05) is 14.2 Å². The Balaban J connectivity index is 2.28. The quantitative estimate of drug-likeness (QED) is 0.880. The summed E-state index contributed by atoms with van der Waals surface area (Å²) in [5.74, 6) is 1.97. The Labute approximate surface area is 124 Å². The third-order valence-electron chi connectivity index (χ3n) is 3.12. The highest BCUT2D eigenvalue weighted by molar-refractivity contribution is 5.42. The normalized spacial score (nSPS) is 13.6. The third-order valence-corrected chi connectivity index (χ3v) is 3.12. The summed E-state index contributed by atoms with van der Waals surface area (Å²) >= 11 is 0. The monoisotopic (exact) mass is 291 g/mol. The van der Waals surface area contributed by atoms with E-state index in [1.165, 1.54) is 0 Å². The van der Waals surface area contributed by atoms with Gasteiger partial charge in [0.05, 0.1) is 20.4 Å². The van der Waals surface area contributed by atoms with Gasteiger partial charge >= 0.3 is 0 Å². The van der Waals surface area contributed by atoms with Gasteiger partial charge in [-0.15, -0.1) is 0 Å². The third kappa shape index (κ3) is 3.66. The van der Waals surface area contributed by atoms with Crippen LogP contribution in [-0.4, -0.2) is 30.0 Å². The molecule has 0 bridgehead atoms. The van der Waals surface area contributed by atoms with Crippen LogP contribution in [0.5, 0.6) is 17.2 Å². The summed E-state index contributed by atoms with van der Waals surface area (Å²) in [7, 11) is 5.06. The maximum atomic E-state index is 6.04. The molecule has 2 N–H and O–H groups in total. The van der Waals surface area contributed by atoms with Crippen molar-refractivity contribution in [3.8, 4) is 17.2 Å². The molecule has 6 heteroatoms. The molecule has 1 aromatic carbocycles. The Morgan fingerprint density at radius 2 is 1.67 bits per heavy atom. The van der Waals surface area contributed by atoms with E-state index in [1.807, 2.05) is 20.2 Å². The molecule has 0 fully saturated rings. The van der Waals surface area contributed by atoms with Crippen molar-refractivity contribution in [3.05, 3.63) is 36.2 Å². The molecular weight excluding hydrogens is 270 g/mol. The molecule has 2 unspecified atom stereocenters. The summed E-state index contributed by atoms with van der Waals surface area (Å²) in [6, 6.07) is 5.20. The van der Waals surface area contributed by atoms with Crippen LogP contribution < -0.4 is 19.9 Å². The highest BCUT2D eigenvalue weighted by Crippen LogP contribution is 2.31. The molecule has 114 valence electrons. The first-order valence-electron chi connectivity index (χ1n) is 6.67. The molecule has 1 aromatic heterocycles. The van der Waals surface area contributed by atoms with Crippen LogP contribution in [0.15, 0.2) is 30.6 Å². The number of nitrogens with two attached hydrogens (primary N) is 1. The largest absolute Gasteiger partial charge is 0.496 e. The molecule has 2 aromatic rings. The first-order valence-corrected chi connectivity index (χ1v) is 6.67. The summed E-state index contributed by atoms with van der Waals surface area (Å²) in [5.41, 5.74) is 6.97. The van der Waals surface area contributed by atoms with Gasteiger partial charge in [-0.05, 0) is 6.92 Å². The van der Waals surface area contributed by atoms with Crippen LogP contribution in [0.3, 0.4) is 0 Å². The van der Waals surface area contributed by atoms with E-state index >= 15 is 0 Å². The molecule has 0 amide bonds. The molecule has 21 heavy (non-hydrogen) atoms. The molecule has 0 radical (unpaired) electrons. The number of hydrogen-bond acceptors (Lipinski definition) is 5. The van der Waals surface area contributed by atoms with Crippen LogP contribution in [0, 0.1) is 0 Å². The summed E-state index contributed by atoms with van der Waals surface area (Å²) in [6.45, 7) is 1.90. The van der Waals surface area contributed by atoms with Gasteiger partial charge in [-0.2, -0.15) is 5.10 Å². The number of methoxy groups -OCH3 is 2. The minimum absolute atomic E-state index is 0.189. The standard InChI is InChI=1S/C15H21N3O3/c1-10(16)15(11-8-17-18(2)9-11)21-14-6-12(19-3)5-13(7-14)20-4/h5-10,15H,16H2,1-4H3.